The van der Waals surface area contributed by atoms with Crippen molar-refractivity contribution in [1.29, 1.82) is 0 Å². The summed E-state index contributed by atoms with van der Waals surface area (Å²) in [6, 6.07) is 7.42. The first-order valence-corrected chi connectivity index (χ1v) is 6.94. The third-order valence-corrected chi connectivity index (χ3v) is 3.88. The smallest absolute Gasteiger partial charge is 0.234 e. The fourth-order valence-corrected chi connectivity index (χ4v) is 2.37. The van der Waals surface area contributed by atoms with E-state index in [0.717, 1.165) is 17.3 Å². The summed E-state index contributed by atoms with van der Waals surface area (Å²) >= 11 is 1.06. The second kappa shape index (κ2) is 7.09. The number of anilines is 1. The molecule has 1 aromatic carbocycles. The fourth-order valence-electron chi connectivity index (χ4n) is 1.51. The summed E-state index contributed by atoms with van der Waals surface area (Å²) < 4.78 is 0. The number of carbonyl (C=O) groups excluding carboxylic acids is 3. The van der Waals surface area contributed by atoms with E-state index in [2.05, 4.69) is 5.32 Å². The zero-order valence-electron chi connectivity index (χ0n) is 11.2. The number of nitrogens with one attached hydrogen (secondary N) is 1. The van der Waals surface area contributed by atoms with E-state index in [0.29, 0.717) is 5.69 Å². The summed E-state index contributed by atoms with van der Waals surface area (Å²) in [6.07, 6.45) is 0. The summed E-state index contributed by atoms with van der Waals surface area (Å²) in [5.41, 5.74) is 1.82. The summed E-state index contributed by atoms with van der Waals surface area (Å²) in [6.45, 7) is 4.68. The first-order valence-electron chi connectivity index (χ1n) is 5.89. The van der Waals surface area contributed by atoms with Gasteiger partial charge in [0.05, 0.1) is 5.75 Å². The minimum atomic E-state index is -0.747. The van der Waals surface area contributed by atoms with E-state index in [-0.39, 0.29) is 23.2 Å². The van der Waals surface area contributed by atoms with Crippen molar-refractivity contribution in [2.75, 3.05) is 11.1 Å². The minimum Gasteiger partial charge on any atom is -0.325 e. The molecule has 0 radical (unpaired) electrons. The van der Waals surface area contributed by atoms with Crippen LogP contribution < -0.4 is 5.32 Å². The first kappa shape index (κ1) is 15.4. The Morgan fingerprint density at radius 2 is 1.63 bits per heavy atom. The van der Waals surface area contributed by atoms with Crippen LogP contribution in [0.5, 0.6) is 0 Å². The Bertz CT molecular complexity index is 468. The number of aryl methyl sites for hydroxylation is 1. The van der Waals surface area contributed by atoms with Crippen LogP contribution in [0.25, 0.3) is 0 Å². The van der Waals surface area contributed by atoms with Crippen molar-refractivity contribution in [2.45, 2.75) is 26.0 Å². The molecule has 1 rings (SSSR count). The first-order chi connectivity index (χ1) is 8.90. The molecule has 0 heterocycles. The molecule has 102 valence electrons. The molecule has 0 fully saturated rings. The maximum Gasteiger partial charge on any atom is 0.234 e. The predicted molar refractivity (Wildman–Crippen MR) is 77.4 cm³/mol. The quantitative estimate of drug-likeness (QED) is 0.811. The summed E-state index contributed by atoms with van der Waals surface area (Å²) in [7, 11) is 0. The van der Waals surface area contributed by atoms with Crippen LogP contribution in [0.1, 0.15) is 19.4 Å². The van der Waals surface area contributed by atoms with Gasteiger partial charge in [0.1, 0.15) is 16.8 Å². The number of amides is 1. The van der Waals surface area contributed by atoms with Gasteiger partial charge in [-0.25, -0.2) is 0 Å². The van der Waals surface area contributed by atoms with E-state index < -0.39 is 5.25 Å². The lowest BCUT2D eigenvalue weighted by molar-refractivity contribution is -0.123. The van der Waals surface area contributed by atoms with Crippen LogP contribution in [0.2, 0.25) is 0 Å². The van der Waals surface area contributed by atoms with Crippen LogP contribution in [-0.4, -0.2) is 28.5 Å². The third kappa shape index (κ3) is 5.26. The molecule has 19 heavy (non-hydrogen) atoms. The molecule has 0 atom stereocenters. The Labute approximate surface area is 117 Å². The van der Waals surface area contributed by atoms with Gasteiger partial charge in [-0.3, -0.25) is 14.4 Å². The second-order valence-electron chi connectivity index (χ2n) is 4.33. The Kier molecular flexibility index (Phi) is 5.76. The summed E-state index contributed by atoms with van der Waals surface area (Å²) in [4.78, 5) is 34.1. The standard InChI is InChI=1S/C14H17NO3S/c1-9-4-6-12(7-5-9)15-13(18)8-19-14(10(2)16)11(3)17/h4-7,14H,8H2,1-3H3,(H,15,18). The number of hydrogen-bond acceptors (Lipinski definition) is 4. The maximum absolute atomic E-state index is 11.7. The van der Waals surface area contributed by atoms with Crippen molar-refractivity contribution in [2.24, 2.45) is 0 Å². The average molecular weight is 279 g/mol. The van der Waals surface area contributed by atoms with Crippen LogP contribution in [-0.2, 0) is 14.4 Å². The van der Waals surface area contributed by atoms with Crippen LogP contribution in [0, 0.1) is 6.92 Å². The zero-order valence-corrected chi connectivity index (χ0v) is 12.0. The fraction of sp³-hybridized carbons (Fsp3) is 0.357. The van der Waals surface area contributed by atoms with Crippen molar-refractivity contribution >= 4 is 34.9 Å². The van der Waals surface area contributed by atoms with E-state index >= 15 is 0 Å². The molecular weight excluding hydrogens is 262 g/mol. The van der Waals surface area contributed by atoms with Gasteiger partial charge in [-0.1, -0.05) is 17.7 Å². The van der Waals surface area contributed by atoms with E-state index in [1.807, 2.05) is 31.2 Å². The zero-order chi connectivity index (χ0) is 14.4. The number of thioether (sulfide) groups is 1. The molecule has 0 saturated carbocycles. The second-order valence-corrected chi connectivity index (χ2v) is 5.42. The highest BCUT2D eigenvalue weighted by molar-refractivity contribution is 8.02. The molecule has 0 saturated heterocycles. The molecule has 0 bridgehead atoms. The Morgan fingerprint density at radius 1 is 1.11 bits per heavy atom. The van der Waals surface area contributed by atoms with Gasteiger partial charge >= 0.3 is 0 Å². The summed E-state index contributed by atoms with van der Waals surface area (Å²) in [5, 5.41) is 1.97. The molecule has 1 amide bonds. The van der Waals surface area contributed by atoms with Crippen molar-refractivity contribution in [3.63, 3.8) is 0 Å². The van der Waals surface area contributed by atoms with Gasteiger partial charge in [-0.05, 0) is 32.9 Å². The van der Waals surface area contributed by atoms with E-state index in [9.17, 15) is 14.4 Å². The lowest BCUT2D eigenvalue weighted by Gasteiger charge is -2.10. The minimum absolute atomic E-state index is 0.0811. The van der Waals surface area contributed by atoms with Crippen LogP contribution >= 0.6 is 11.8 Å². The van der Waals surface area contributed by atoms with Crippen molar-refractivity contribution in [3.05, 3.63) is 29.8 Å². The third-order valence-electron chi connectivity index (χ3n) is 2.45. The molecule has 5 heteroatoms. The van der Waals surface area contributed by atoms with Gasteiger partial charge in [-0.2, -0.15) is 0 Å². The number of Topliss-reactive ketones (excluding diaryl/α,β-unsaturated/α-hetero) is 2. The lowest BCUT2D eigenvalue weighted by Crippen LogP contribution is -2.25. The van der Waals surface area contributed by atoms with Crippen LogP contribution in [0.4, 0.5) is 5.69 Å². The van der Waals surface area contributed by atoms with Gasteiger partial charge < -0.3 is 5.32 Å². The molecule has 0 spiro atoms. The number of benzene rings is 1. The number of ketones is 2. The van der Waals surface area contributed by atoms with Crippen LogP contribution in [0.15, 0.2) is 24.3 Å². The van der Waals surface area contributed by atoms with Gasteiger partial charge in [0.2, 0.25) is 5.91 Å². The van der Waals surface area contributed by atoms with Crippen molar-refractivity contribution < 1.29 is 14.4 Å². The highest BCUT2D eigenvalue weighted by atomic mass is 32.2. The van der Waals surface area contributed by atoms with Crippen molar-refractivity contribution in [3.8, 4) is 0 Å². The van der Waals surface area contributed by atoms with Crippen LogP contribution in [0.3, 0.4) is 0 Å². The molecule has 0 aromatic heterocycles. The Balaban J connectivity index is 2.49. The monoisotopic (exact) mass is 279 g/mol. The van der Waals surface area contributed by atoms with Gasteiger partial charge in [-0.15, -0.1) is 11.8 Å². The average Bonchev–Trinajstić information content (AvgIpc) is 2.31. The van der Waals surface area contributed by atoms with Gasteiger partial charge in [0, 0.05) is 5.69 Å². The molecule has 0 aliphatic heterocycles. The SMILES string of the molecule is CC(=O)C(SCC(=O)Nc1ccc(C)cc1)C(C)=O. The predicted octanol–water partition coefficient (Wildman–Crippen LogP) is 2.21. The van der Waals surface area contributed by atoms with Gasteiger partial charge in [0.15, 0.2) is 0 Å². The number of hydrogen-bond donors (Lipinski definition) is 1. The Morgan fingerprint density at radius 3 is 2.11 bits per heavy atom. The molecule has 1 N–H and O–H groups in total. The molecule has 0 aliphatic rings. The van der Waals surface area contributed by atoms with E-state index in [1.54, 1.807) is 0 Å². The van der Waals surface area contributed by atoms with Gasteiger partial charge in [0.25, 0.3) is 0 Å². The largest absolute Gasteiger partial charge is 0.325 e. The van der Waals surface area contributed by atoms with E-state index in [4.69, 9.17) is 0 Å². The number of carbonyl (C=O) groups is 3. The number of rotatable bonds is 6. The van der Waals surface area contributed by atoms with E-state index in [1.165, 1.54) is 13.8 Å². The highest BCUT2D eigenvalue weighted by Crippen LogP contribution is 2.15. The highest BCUT2D eigenvalue weighted by Gasteiger charge is 2.21. The lowest BCUT2D eigenvalue weighted by atomic mass is 10.2. The molecular formula is C14H17NO3S. The van der Waals surface area contributed by atoms with Crippen molar-refractivity contribution in [1.82, 2.24) is 0 Å². The normalized spacial score (nSPS) is 10.3. The maximum atomic E-state index is 11.7. The topological polar surface area (TPSA) is 63.2 Å². The molecule has 4 nitrogen and oxygen atoms in total. The summed E-state index contributed by atoms with van der Waals surface area (Å²) in [5.74, 6) is -0.583. The molecule has 0 aliphatic carbocycles. The molecule has 0 unspecified atom stereocenters. The Hall–Kier alpha value is -1.62. The molecule has 1 aromatic rings.